The van der Waals surface area contributed by atoms with E-state index in [0.29, 0.717) is 16.7 Å². The fourth-order valence-electron chi connectivity index (χ4n) is 2.89. The summed E-state index contributed by atoms with van der Waals surface area (Å²) in [5, 5.41) is 0.0940. The number of ketones is 2. The average molecular weight is 632 g/mol. The van der Waals surface area contributed by atoms with Gasteiger partial charge in [-0.2, -0.15) is 26.3 Å². The van der Waals surface area contributed by atoms with Crippen LogP contribution in [0.25, 0.3) is 0 Å². The second-order valence-electron chi connectivity index (χ2n) is 10.2. The molecule has 0 saturated carbocycles. The van der Waals surface area contributed by atoms with Gasteiger partial charge in [-0.05, 0) is 88.8 Å². The van der Waals surface area contributed by atoms with Gasteiger partial charge in [0.05, 0.1) is 5.33 Å². The highest BCUT2D eigenvalue weighted by atomic mass is 79.9. The van der Waals surface area contributed by atoms with Gasteiger partial charge < -0.3 is 0 Å². The van der Waals surface area contributed by atoms with Crippen LogP contribution < -0.4 is 0 Å². The maximum absolute atomic E-state index is 12.5. The summed E-state index contributed by atoms with van der Waals surface area (Å²) in [5.41, 5.74) is -7.26. The molecule has 37 heavy (non-hydrogen) atoms. The van der Waals surface area contributed by atoms with Gasteiger partial charge in [0.1, 0.15) is 0 Å². The van der Waals surface area contributed by atoms with E-state index in [9.17, 15) is 35.9 Å². The Balaban J connectivity index is 0.000000371. The van der Waals surface area contributed by atoms with Crippen LogP contribution in [0.3, 0.4) is 0 Å². The highest BCUT2D eigenvalue weighted by molar-refractivity contribution is 9.09. The van der Waals surface area contributed by atoms with Gasteiger partial charge in [-0.1, -0.05) is 57.5 Å². The number of Topliss-reactive ketones (excluding diaryl/α,β-unsaturated/α-hetero) is 2. The first-order valence-electron chi connectivity index (χ1n) is 10.9. The van der Waals surface area contributed by atoms with Gasteiger partial charge in [-0.25, -0.2) is 0 Å². The van der Waals surface area contributed by atoms with E-state index in [0.717, 1.165) is 5.56 Å². The summed E-state index contributed by atoms with van der Waals surface area (Å²) in [4.78, 5) is 23.1. The summed E-state index contributed by atoms with van der Waals surface area (Å²) in [6.45, 7) is 12.7. The molecule has 0 unspecified atom stereocenters. The van der Waals surface area contributed by atoms with E-state index in [1.807, 2.05) is 41.5 Å². The Kier molecular flexibility index (Phi) is 11.4. The SMILES string of the molecule is CC(=O)c1cc(SC(F)(F)F)cc(C(C)(C)C)c1.CC(C)(C)c1cc(SC(F)(F)F)cc(C(=O)CBr)c1. The standard InChI is InChI=1S/C13H14BrF3OS.C13H15F3OS/c1-12(2,3)9-4-8(11(18)7-14)5-10(6-9)19-13(15,16)17;1-8(17)9-5-10(12(2,3)4)7-11(6-9)18-13(14,15)16/h4-6H,7H2,1-3H3;5-7H,1-4H3. The monoisotopic (exact) mass is 630 g/mol. The van der Waals surface area contributed by atoms with Crippen LogP contribution in [0.5, 0.6) is 0 Å². The first kappa shape index (κ1) is 33.6. The lowest BCUT2D eigenvalue weighted by molar-refractivity contribution is -0.0337. The second kappa shape index (κ2) is 12.6. The smallest absolute Gasteiger partial charge is 0.295 e. The van der Waals surface area contributed by atoms with Crippen LogP contribution in [0.15, 0.2) is 46.2 Å². The Labute approximate surface area is 230 Å². The third kappa shape index (κ3) is 12.3. The summed E-state index contributed by atoms with van der Waals surface area (Å²) in [6, 6.07) is 8.87. The van der Waals surface area contributed by atoms with E-state index in [-0.39, 0.29) is 61.0 Å². The number of carbonyl (C=O) groups excluding carboxylic acids is 2. The fraction of sp³-hybridized carbons (Fsp3) is 0.462. The molecule has 0 atom stereocenters. The second-order valence-corrected chi connectivity index (χ2v) is 13.0. The zero-order chi connectivity index (χ0) is 29.0. The number of hydrogen-bond acceptors (Lipinski definition) is 4. The molecule has 0 saturated heterocycles. The van der Waals surface area contributed by atoms with Crippen molar-refractivity contribution in [3.63, 3.8) is 0 Å². The maximum atomic E-state index is 12.5. The van der Waals surface area contributed by atoms with Crippen molar-refractivity contribution in [2.24, 2.45) is 0 Å². The molecule has 0 radical (unpaired) electrons. The molecular formula is C26H29BrF6O2S2. The number of hydrogen-bond donors (Lipinski definition) is 0. The summed E-state index contributed by atoms with van der Waals surface area (Å²) in [6.07, 6.45) is 0. The minimum atomic E-state index is -4.36. The van der Waals surface area contributed by atoms with Gasteiger partial charge in [0.2, 0.25) is 0 Å². The first-order chi connectivity index (χ1) is 16.5. The topological polar surface area (TPSA) is 34.1 Å². The van der Waals surface area contributed by atoms with E-state index < -0.39 is 11.0 Å². The number of halogens is 7. The summed E-state index contributed by atoms with van der Waals surface area (Å²) in [5.74, 6) is -0.458. The van der Waals surface area contributed by atoms with Crippen molar-refractivity contribution >= 4 is 51.0 Å². The highest BCUT2D eigenvalue weighted by Crippen LogP contribution is 2.40. The predicted molar refractivity (Wildman–Crippen MR) is 142 cm³/mol. The normalized spacial score (nSPS) is 12.6. The lowest BCUT2D eigenvalue weighted by Crippen LogP contribution is -2.13. The third-order valence-corrected chi connectivity index (χ3v) is 6.78. The lowest BCUT2D eigenvalue weighted by Gasteiger charge is -2.21. The van der Waals surface area contributed by atoms with Crippen LogP contribution in [0.2, 0.25) is 0 Å². The van der Waals surface area contributed by atoms with Crippen molar-refractivity contribution in [1.29, 1.82) is 0 Å². The van der Waals surface area contributed by atoms with Crippen LogP contribution in [-0.4, -0.2) is 27.9 Å². The quantitative estimate of drug-likeness (QED) is 0.142. The van der Waals surface area contributed by atoms with E-state index >= 15 is 0 Å². The van der Waals surface area contributed by atoms with Gasteiger partial charge in [0, 0.05) is 20.9 Å². The van der Waals surface area contributed by atoms with Crippen LogP contribution in [-0.2, 0) is 10.8 Å². The maximum Gasteiger partial charge on any atom is 0.446 e. The molecule has 2 aromatic carbocycles. The molecule has 0 fully saturated rings. The fourth-order valence-corrected chi connectivity index (χ4v) is 4.49. The summed E-state index contributed by atoms with van der Waals surface area (Å²) in [7, 11) is 0. The molecule has 11 heteroatoms. The molecule has 0 aromatic heterocycles. The van der Waals surface area contributed by atoms with E-state index in [2.05, 4.69) is 15.9 Å². The molecule has 2 aromatic rings. The molecule has 0 aliphatic carbocycles. The molecule has 0 N–H and O–H groups in total. The minimum Gasteiger partial charge on any atom is -0.295 e. The molecule has 0 spiro atoms. The molecule has 2 nitrogen and oxygen atoms in total. The molecule has 0 aliphatic heterocycles. The van der Waals surface area contributed by atoms with Crippen molar-refractivity contribution < 1.29 is 35.9 Å². The number of carbonyl (C=O) groups is 2. The van der Waals surface area contributed by atoms with Gasteiger partial charge in [0.15, 0.2) is 11.6 Å². The molecule has 0 amide bonds. The Morgan fingerprint density at radius 2 is 1.03 bits per heavy atom. The number of benzene rings is 2. The molecule has 0 bridgehead atoms. The summed E-state index contributed by atoms with van der Waals surface area (Å²) < 4.78 is 74.5. The molecule has 0 aliphatic rings. The largest absolute Gasteiger partial charge is 0.446 e. The minimum absolute atomic E-state index is 0.0456. The van der Waals surface area contributed by atoms with Crippen LogP contribution >= 0.6 is 39.5 Å². The van der Waals surface area contributed by atoms with E-state index in [1.54, 1.807) is 12.1 Å². The van der Waals surface area contributed by atoms with Crippen molar-refractivity contribution in [3.05, 3.63) is 58.7 Å². The molecule has 206 valence electrons. The Morgan fingerprint density at radius 1 is 0.676 bits per heavy atom. The van der Waals surface area contributed by atoms with Gasteiger partial charge >= 0.3 is 11.0 Å². The van der Waals surface area contributed by atoms with Crippen molar-refractivity contribution in [2.75, 3.05) is 5.33 Å². The number of alkyl halides is 7. The van der Waals surface area contributed by atoms with Crippen LogP contribution in [0.1, 0.15) is 80.3 Å². The van der Waals surface area contributed by atoms with Crippen molar-refractivity contribution in [1.82, 2.24) is 0 Å². The molecule has 2 rings (SSSR count). The van der Waals surface area contributed by atoms with Crippen molar-refractivity contribution in [3.8, 4) is 0 Å². The number of rotatable bonds is 5. The van der Waals surface area contributed by atoms with Gasteiger partial charge in [0.25, 0.3) is 0 Å². The van der Waals surface area contributed by atoms with Gasteiger partial charge in [-0.15, -0.1) is 0 Å². The van der Waals surface area contributed by atoms with E-state index in [1.165, 1.54) is 31.2 Å². The average Bonchev–Trinajstić information content (AvgIpc) is 2.69. The zero-order valence-corrected chi connectivity index (χ0v) is 24.7. The summed E-state index contributed by atoms with van der Waals surface area (Å²) >= 11 is 2.65. The van der Waals surface area contributed by atoms with Crippen LogP contribution in [0, 0.1) is 0 Å². The highest BCUT2D eigenvalue weighted by Gasteiger charge is 2.31. The molecular weight excluding hydrogens is 602 g/mol. The zero-order valence-electron chi connectivity index (χ0n) is 21.4. The molecule has 0 heterocycles. The van der Waals surface area contributed by atoms with E-state index in [4.69, 9.17) is 0 Å². The van der Waals surface area contributed by atoms with Crippen LogP contribution in [0.4, 0.5) is 26.3 Å². The predicted octanol–water partition coefficient (Wildman–Crippen LogP) is 9.97. The Bertz CT molecular complexity index is 1110. The Hall–Kier alpha value is -1.46. The lowest BCUT2D eigenvalue weighted by atomic mass is 9.86. The van der Waals surface area contributed by atoms with Crippen molar-refractivity contribution in [2.45, 2.75) is 80.1 Å². The van der Waals surface area contributed by atoms with Gasteiger partial charge in [-0.3, -0.25) is 9.59 Å². The third-order valence-electron chi connectivity index (χ3n) is 4.86. The number of thioether (sulfide) groups is 2. The Morgan fingerprint density at radius 3 is 1.32 bits per heavy atom. The first-order valence-corrected chi connectivity index (χ1v) is 13.7.